The van der Waals surface area contributed by atoms with Gasteiger partial charge < -0.3 is 15.8 Å². The van der Waals surface area contributed by atoms with Crippen LogP contribution in [0.2, 0.25) is 0 Å². The van der Waals surface area contributed by atoms with Crippen LogP contribution < -0.4 is 11.1 Å². The predicted molar refractivity (Wildman–Crippen MR) is 67.8 cm³/mol. The van der Waals surface area contributed by atoms with Crippen molar-refractivity contribution in [2.45, 2.75) is 33.4 Å². The van der Waals surface area contributed by atoms with Crippen molar-refractivity contribution in [3.63, 3.8) is 0 Å². The number of rotatable bonds is 6. The first kappa shape index (κ1) is 14.9. The minimum Gasteiger partial charge on any atom is -0.451 e. The van der Waals surface area contributed by atoms with Crippen LogP contribution in [-0.2, 0) is 20.9 Å². The largest absolute Gasteiger partial charge is 0.451 e. The van der Waals surface area contributed by atoms with Gasteiger partial charge >= 0.3 is 5.97 Å². The summed E-state index contributed by atoms with van der Waals surface area (Å²) in [5, 5.41) is 6.43. The maximum atomic E-state index is 11.6. The summed E-state index contributed by atoms with van der Waals surface area (Å²) in [6.45, 7) is 5.88. The SMILES string of the molecule is CC(C)CNC(=O)C(C)OC(=O)Cn1cnc(N)n1. The number of carbonyl (C=O) groups excluding carboxylic acids is 2. The van der Waals surface area contributed by atoms with Crippen molar-refractivity contribution in [1.29, 1.82) is 0 Å². The highest BCUT2D eigenvalue weighted by atomic mass is 16.5. The number of nitrogens with zero attached hydrogens (tertiary/aromatic N) is 3. The molecule has 0 saturated heterocycles. The maximum Gasteiger partial charge on any atom is 0.328 e. The van der Waals surface area contributed by atoms with E-state index in [4.69, 9.17) is 10.5 Å². The Morgan fingerprint density at radius 2 is 2.16 bits per heavy atom. The van der Waals surface area contributed by atoms with Crippen LogP contribution in [0, 0.1) is 5.92 Å². The van der Waals surface area contributed by atoms with Crippen LogP contribution in [0.1, 0.15) is 20.8 Å². The van der Waals surface area contributed by atoms with Crippen molar-refractivity contribution in [3.8, 4) is 0 Å². The average molecular weight is 269 g/mol. The van der Waals surface area contributed by atoms with E-state index < -0.39 is 12.1 Å². The quantitative estimate of drug-likeness (QED) is 0.677. The van der Waals surface area contributed by atoms with Crippen LogP contribution in [0.4, 0.5) is 5.95 Å². The van der Waals surface area contributed by atoms with Crippen molar-refractivity contribution in [2.75, 3.05) is 12.3 Å². The third kappa shape index (κ3) is 5.36. The zero-order valence-electron chi connectivity index (χ0n) is 11.3. The number of amides is 1. The number of hydrogen-bond acceptors (Lipinski definition) is 6. The molecule has 0 spiro atoms. The van der Waals surface area contributed by atoms with Gasteiger partial charge in [0.15, 0.2) is 6.10 Å². The van der Waals surface area contributed by atoms with E-state index in [1.54, 1.807) is 0 Å². The van der Waals surface area contributed by atoms with E-state index in [0.717, 1.165) is 0 Å². The van der Waals surface area contributed by atoms with Gasteiger partial charge in [-0.25, -0.2) is 9.67 Å². The number of aromatic nitrogens is 3. The first-order valence-electron chi connectivity index (χ1n) is 6.00. The number of hydrogen-bond donors (Lipinski definition) is 2. The van der Waals surface area contributed by atoms with Crippen molar-refractivity contribution in [2.24, 2.45) is 5.92 Å². The second-order valence-corrected chi connectivity index (χ2v) is 4.57. The molecule has 1 rings (SSSR count). The highest BCUT2D eigenvalue weighted by molar-refractivity contribution is 5.83. The lowest BCUT2D eigenvalue weighted by atomic mass is 10.2. The Hall–Kier alpha value is -2.12. The summed E-state index contributed by atoms with van der Waals surface area (Å²) in [5.74, 6) is -0.474. The molecule has 1 atom stereocenters. The van der Waals surface area contributed by atoms with Gasteiger partial charge in [0.25, 0.3) is 5.91 Å². The second kappa shape index (κ2) is 6.72. The van der Waals surface area contributed by atoms with Gasteiger partial charge in [-0.05, 0) is 12.8 Å². The van der Waals surface area contributed by atoms with Gasteiger partial charge in [0, 0.05) is 6.54 Å². The molecule has 106 valence electrons. The third-order valence-electron chi connectivity index (χ3n) is 2.21. The van der Waals surface area contributed by atoms with Crippen molar-refractivity contribution in [3.05, 3.63) is 6.33 Å². The third-order valence-corrected chi connectivity index (χ3v) is 2.21. The normalized spacial score (nSPS) is 12.2. The highest BCUT2D eigenvalue weighted by Crippen LogP contribution is 1.97. The Kier molecular flexibility index (Phi) is 5.28. The fourth-order valence-corrected chi connectivity index (χ4v) is 1.25. The molecule has 0 bridgehead atoms. The van der Waals surface area contributed by atoms with Crippen molar-refractivity contribution < 1.29 is 14.3 Å². The molecule has 1 heterocycles. The Morgan fingerprint density at radius 3 is 2.68 bits per heavy atom. The predicted octanol–water partition coefficient (Wildman–Crippen LogP) is -0.436. The number of esters is 1. The Labute approximate surface area is 111 Å². The van der Waals surface area contributed by atoms with Crippen LogP contribution in [0.5, 0.6) is 0 Å². The number of ether oxygens (including phenoxy) is 1. The fourth-order valence-electron chi connectivity index (χ4n) is 1.25. The monoisotopic (exact) mass is 269 g/mol. The van der Waals surface area contributed by atoms with E-state index in [2.05, 4.69) is 15.4 Å². The summed E-state index contributed by atoms with van der Waals surface area (Å²) in [6.07, 6.45) is 0.479. The van der Waals surface area contributed by atoms with Crippen LogP contribution >= 0.6 is 0 Å². The highest BCUT2D eigenvalue weighted by Gasteiger charge is 2.18. The van der Waals surface area contributed by atoms with E-state index in [9.17, 15) is 9.59 Å². The van der Waals surface area contributed by atoms with E-state index in [0.29, 0.717) is 12.5 Å². The first-order chi connectivity index (χ1) is 8.88. The van der Waals surface area contributed by atoms with E-state index in [1.165, 1.54) is 17.9 Å². The average Bonchev–Trinajstić information content (AvgIpc) is 2.71. The van der Waals surface area contributed by atoms with Crippen molar-refractivity contribution >= 4 is 17.8 Å². The molecule has 0 saturated carbocycles. The van der Waals surface area contributed by atoms with Gasteiger partial charge in [-0.1, -0.05) is 13.8 Å². The van der Waals surface area contributed by atoms with E-state index in [1.807, 2.05) is 13.8 Å². The molecule has 0 aliphatic heterocycles. The lowest BCUT2D eigenvalue weighted by Gasteiger charge is -2.14. The molecule has 1 aromatic rings. The van der Waals surface area contributed by atoms with Crippen LogP contribution in [0.3, 0.4) is 0 Å². The minimum absolute atomic E-state index is 0.0792. The summed E-state index contributed by atoms with van der Waals surface area (Å²) >= 11 is 0. The first-order valence-corrected chi connectivity index (χ1v) is 6.00. The van der Waals surface area contributed by atoms with Gasteiger partial charge in [-0.2, -0.15) is 0 Å². The van der Waals surface area contributed by atoms with Crippen molar-refractivity contribution in [1.82, 2.24) is 20.1 Å². The topological polar surface area (TPSA) is 112 Å². The molecule has 19 heavy (non-hydrogen) atoms. The number of carbonyl (C=O) groups is 2. The molecule has 0 aliphatic carbocycles. The van der Waals surface area contributed by atoms with Crippen LogP contribution in [0.15, 0.2) is 6.33 Å². The molecule has 0 aromatic carbocycles. The number of nitrogens with two attached hydrogens (primary N) is 1. The number of nitrogen functional groups attached to an aromatic ring is 1. The lowest BCUT2D eigenvalue weighted by molar-refractivity contribution is -0.155. The van der Waals surface area contributed by atoms with Gasteiger partial charge in [-0.15, -0.1) is 5.10 Å². The van der Waals surface area contributed by atoms with Gasteiger partial charge in [0.1, 0.15) is 12.9 Å². The molecule has 1 unspecified atom stereocenters. The lowest BCUT2D eigenvalue weighted by Crippen LogP contribution is -2.38. The molecule has 0 radical (unpaired) electrons. The summed E-state index contributed by atoms with van der Waals surface area (Å²) in [4.78, 5) is 26.8. The molecule has 3 N–H and O–H groups in total. The number of anilines is 1. The van der Waals surface area contributed by atoms with E-state index >= 15 is 0 Å². The Morgan fingerprint density at radius 1 is 1.47 bits per heavy atom. The summed E-state index contributed by atoms with van der Waals surface area (Å²) in [5.41, 5.74) is 5.31. The standard InChI is InChI=1S/C11H19N5O3/c1-7(2)4-13-10(18)8(3)19-9(17)5-16-6-14-11(12)15-16/h6-8H,4-5H2,1-3H3,(H2,12,15)(H,13,18). The van der Waals surface area contributed by atoms with Crippen LogP contribution in [0.25, 0.3) is 0 Å². The zero-order chi connectivity index (χ0) is 14.4. The molecule has 8 nitrogen and oxygen atoms in total. The molecule has 8 heteroatoms. The molecular formula is C11H19N5O3. The summed E-state index contributed by atoms with van der Waals surface area (Å²) in [7, 11) is 0. The molecule has 1 aromatic heterocycles. The Bertz CT molecular complexity index is 443. The smallest absolute Gasteiger partial charge is 0.328 e. The molecular weight excluding hydrogens is 250 g/mol. The fraction of sp³-hybridized carbons (Fsp3) is 0.636. The molecule has 0 fully saturated rings. The summed E-state index contributed by atoms with van der Waals surface area (Å²) in [6, 6.07) is 0. The molecule has 0 aliphatic rings. The number of nitrogens with one attached hydrogen (secondary N) is 1. The van der Waals surface area contributed by atoms with Gasteiger partial charge in [-0.3, -0.25) is 9.59 Å². The zero-order valence-corrected chi connectivity index (χ0v) is 11.3. The van der Waals surface area contributed by atoms with Crippen LogP contribution in [-0.4, -0.2) is 39.3 Å². The second-order valence-electron chi connectivity index (χ2n) is 4.57. The van der Waals surface area contributed by atoms with E-state index in [-0.39, 0.29) is 18.4 Å². The molecule has 1 amide bonds. The maximum absolute atomic E-state index is 11.6. The summed E-state index contributed by atoms with van der Waals surface area (Å²) < 4.78 is 6.22. The minimum atomic E-state index is -0.841. The van der Waals surface area contributed by atoms with Gasteiger partial charge in [0.05, 0.1) is 0 Å². The van der Waals surface area contributed by atoms with Gasteiger partial charge in [0.2, 0.25) is 5.95 Å². The Balaban J connectivity index is 2.37.